The number of hydrogen-bond acceptors (Lipinski definition) is 3. The highest BCUT2D eigenvalue weighted by Crippen LogP contribution is 2.56. The molecule has 29 heavy (non-hydrogen) atoms. The zero-order valence-electron chi connectivity index (χ0n) is 16.4. The standard InChI is InChI=1S/C25H24N2O2/c1-16-21-13-12-20-22(17-8-4-2-5-9-17)26-27-24(20)25(21,14-18(15-28)23(16)29)19-10-6-3-7-11-19/h2-11,15-16,21,28H,12-14H2,1H3,(H,26,27). The molecule has 0 radical (unpaired) electrons. The highest BCUT2D eigenvalue weighted by atomic mass is 16.2. The number of fused-ring (bicyclic) bond motifs is 3. The minimum atomic E-state index is -0.416. The van der Waals surface area contributed by atoms with Gasteiger partial charge in [0, 0.05) is 22.5 Å². The number of nitrogens with one attached hydrogen (secondary N) is 1. The second-order valence-corrected chi connectivity index (χ2v) is 8.26. The monoisotopic (exact) mass is 384 g/mol. The molecule has 2 aliphatic carbocycles. The van der Waals surface area contributed by atoms with Crippen LogP contribution in [0.3, 0.4) is 0 Å². The number of aromatic amines is 1. The highest BCUT2D eigenvalue weighted by Gasteiger charge is 2.55. The molecule has 0 aliphatic heterocycles. The Morgan fingerprint density at radius 2 is 1.79 bits per heavy atom. The number of Topliss-reactive ketones (excluding diaryl/α,β-unsaturated/α-hetero) is 1. The van der Waals surface area contributed by atoms with Crippen LogP contribution in [0.25, 0.3) is 11.3 Å². The normalized spacial score (nSPS) is 27.5. The van der Waals surface area contributed by atoms with Gasteiger partial charge in [-0.3, -0.25) is 9.89 Å². The maximum Gasteiger partial charge on any atom is 0.165 e. The van der Waals surface area contributed by atoms with Gasteiger partial charge in [-0.05, 0) is 36.3 Å². The Hall–Kier alpha value is -3.14. The third-order valence-electron chi connectivity index (χ3n) is 6.94. The number of ketones is 1. The van der Waals surface area contributed by atoms with Crippen molar-refractivity contribution in [3.05, 3.63) is 89.3 Å². The van der Waals surface area contributed by atoms with Crippen molar-refractivity contribution >= 4 is 5.78 Å². The van der Waals surface area contributed by atoms with Gasteiger partial charge in [-0.25, -0.2) is 0 Å². The topological polar surface area (TPSA) is 66.0 Å². The molecule has 3 atom stereocenters. The summed E-state index contributed by atoms with van der Waals surface area (Å²) in [4.78, 5) is 12.9. The van der Waals surface area contributed by atoms with Crippen LogP contribution < -0.4 is 0 Å². The van der Waals surface area contributed by atoms with E-state index < -0.39 is 5.41 Å². The van der Waals surface area contributed by atoms with Crippen LogP contribution in [0.1, 0.15) is 36.6 Å². The number of aromatic nitrogens is 2. The van der Waals surface area contributed by atoms with Crippen LogP contribution in [0, 0.1) is 11.8 Å². The molecule has 2 aliphatic rings. The number of nitrogens with zero attached hydrogens (tertiary/aromatic N) is 1. The molecule has 0 saturated heterocycles. The average molecular weight is 384 g/mol. The Balaban J connectivity index is 1.77. The molecule has 0 spiro atoms. The molecule has 1 fully saturated rings. The van der Waals surface area contributed by atoms with Crippen LogP contribution in [0.4, 0.5) is 0 Å². The number of aliphatic hydroxyl groups is 1. The molecular weight excluding hydrogens is 360 g/mol. The number of H-pyrrole nitrogens is 1. The van der Waals surface area contributed by atoms with Gasteiger partial charge in [-0.15, -0.1) is 0 Å². The summed E-state index contributed by atoms with van der Waals surface area (Å²) in [7, 11) is 0. The Kier molecular flexibility index (Phi) is 4.16. The van der Waals surface area contributed by atoms with E-state index in [2.05, 4.69) is 29.4 Å². The van der Waals surface area contributed by atoms with Gasteiger partial charge in [-0.2, -0.15) is 5.10 Å². The van der Waals surface area contributed by atoms with Gasteiger partial charge >= 0.3 is 0 Å². The molecule has 3 aromatic rings. The average Bonchev–Trinajstić information content (AvgIpc) is 3.22. The first kappa shape index (κ1) is 17.9. The Bertz CT molecular complexity index is 1080. The molecular formula is C25H24N2O2. The van der Waals surface area contributed by atoms with E-state index >= 15 is 0 Å². The smallest absolute Gasteiger partial charge is 0.165 e. The number of rotatable bonds is 2. The second kappa shape index (κ2) is 6.73. The lowest BCUT2D eigenvalue weighted by molar-refractivity contribution is -0.123. The van der Waals surface area contributed by atoms with Gasteiger partial charge in [0.2, 0.25) is 0 Å². The third-order valence-corrected chi connectivity index (χ3v) is 6.94. The largest absolute Gasteiger partial charge is 0.515 e. The zero-order valence-corrected chi connectivity index (χ0v) is 16.4. The molecule has 3 unspecified atom stereocenters. The Morgan fingerprint density at radius 1 is 1.10 bits per heavy atom. The number of hydrogen-bond donors (Lipinski definition) is 2. The summed E-state index contributed by atoms with van der Waals surface area (Å²) >= 11 is 0. The lowest BCUT2D eigenvalue weighted by atomic mass is 9.52. The van der Waals surface area contributed by atoms with Gasteiger partial charge < -0.3 is 5.11 Å². The van der Waals surface area contributed by atoms with Crippen molar-refractivity contribution in [3.8, 4) is 11.3 Å². The first-order chi connectivity index (χ1) is 14.2. The third kappa shape index (κ3) is 2.52. The summed E-state index contributed by atoms with van der Waals surface area (Å²) in [6.45, 7) is 2.00. The first-order valence-corrected chi connectivity index (χ1v) is 10.2. The number of aliphatic hydroxyl groups excluding tert-OH is 1. The molecule has 4 heteroatoms. The Labute approximate surface area is 170 Å². The fourth-order valence-electron chi connectivity index (χ4n) is 5.59. The number of allylic oxidation sites excluding steroid dienone is 1. The van der Waals surface area contributed by atoms with E-state index in [4.69, 9.17) is 5.10 Å². The van der Waals surface area contributed by atoms with Gasteiger partial charge in [-0.1, -0.05) is 67.6 Å². The number of benzene rings is 2. The van der Waals surface area contributed by atoms with E-state index in [9.17, 15) is 9.90 Å². The van der Waals surface area contributed by atoms with Crippen LogP contribution in [0.2, 0.25) is 0 Å². The fourth-order valence-corrected chi connectivity index (χ4v) is 5.59. The zero-order chi connectivity index (χ0) is 20.0. The van der Waals surface area contributed by atoms with Crippen molar-refractivity contribution in [3.63, 3.8) is 0 Å². The second-order valence-electron chi connectivity index (χ2n) is 8.26. The minimum Gasteiger partial charge on any atom is -0.515 e. The molecule has 1 heterocycles. The summed E-state index contributed by atoms with van der Waals surface area (Å²) < 4.78 is 0. The molecule has 5 rings (SSSR count). The molecule has 2 N–H and O–H groups in total. The van der Waals surface area contributed by atoms with Crippen molar-refractivity contribution in [1.29, 1.82) is 0 Å². The molecule has 1 saturated carbocycles. The van der Waals surface area contributed by atoms with Crippen LogP contribution in [0.5, 0.6) is 0 Å². The SMILES string of the molecule is CC1C(=O)C(=CO)CC2(c3ccccc3)c3n[nH]c(-c4ccccc4)c3CCC12. The van der Waals surface area contributed by atoms with E-state index in [1.807, 2.05) is 43.3 Å². The molecule has 146 valence electrons. The van der Waals surface area contributed by atoms with E-state index in [-0.39, 0.29) is 17.6 Å². The van der Waals surface area contributed by atoms with E-state index in [0.29, 0.717) is 12.0 Å². The van der Waals surface area contributed by atoms with Crippen LogP contribution >= 0.6 is 0 Å². The van der Waals surface area contributed by atoms with Crippen molar-refractivity contribution in [1.82, 2.24) is 10.2 Å². The Morgan fingerprint density at radius 3 is 2.48 bits per heavy atom. The maximum absolute atomic E-state index is 12.9. The highest BCUT2D eigenvalue weighted by molar-refractivity contribution is 5.98. The van der Waals surface area contributed by atoms with Crippen molar-refractivity contribution in [2.75, 3.05) is 0 Å². The molecule has 0 amide bonds. The van der Waals surface area contributed by atoms with E-state index in [1.165, 1.54) is 5.56 Å². The lowest BCUT2D eigenvalue weighted by Gasteiger charge is -2.49. The number of carbonyl (C=O) groups is 1. The predicted molar refractivity (Wildman–Crippen MR) is 113 cm³/mol. The van der Waals surface area contributed by atoms with Gasteiger partial charge in [0.15, 0.2) is 5.78 Å². The summed E-state index contributed by atoms with van der Waals surface area (Å²) in [5.41, 5.74) is 5.69. The lowest BCUT2D eigenvalue weighted by Crippen LogP contribution is -2.50. The number of carbonyl (C=O) groups excluding carboxylic acids is 1. The summed E-state index contributed by atoms with van der Waals surface area (Å²) in [6.07, 6.45) is 3.31. The van der Waals surface area contributed by atoms with Crippen LogP contribution in [0.15, 0.2) is 72.5 Å². The van der Waals surface area contributed by atoms with Gasteiger partial charge in [0.1, 0.15) is 0 Å². The predicted octanol–water partition coefficient (Wildman–Crippen LogP) is 4.98. The first-order valence-electron chi connectivity index (χ1n) is 10.2. The van der Waals surface area contributed by atoms with Crippen molar-refractivity contribution in [2.45, 2.75) is 31.6 Å². The summed E-state index contributed by atoms with van der Waals surface area (Å²) in [5, 5.41) is 18.0. The molecule has 0 bridgehead atoms. The fraction of sp³-hybridized carbons (Fsp3) is 0.280. The van der Waals surface area contributed by atoms with E-state index in [1.54, 1.807) is 0 Å². The minimum absolute atomic E-state index is 0.0614. The van der Waals surface area contributed by atoms with Gasteiger partial charge in [0.05, 0.1) is 17.6 Å². The van der Waals surface area contributed by atoms with Gasteiger partial charge in [0.25, 0.3) is 0 Å². The van der Waals surface area contributed by atoms with E-state index in [0.717, 1.165) is 41.6 Å². The van der Waals surface area contributed by atoms with Crippen molar-refractivity contribution < 1.29 is 9.90 Å². The summed E-state index contributed by atoms with van der Waals surface area (Å²) in [6, 6.07) is 20.7. The maximum atomic E-state index is 12.9. The molecule has 2 aromatic carbocycles. The molecule has 4 nitrogen and oxygen atoms in total. The summed E-state index contributed by atoms with van der Waals surface area (Å²) in [5.74, 6) is 0.0548. The quantitative estimate of drug-likeness (QED) is 0.484. The van der Waals surface area contributed by atoms with Crippen LogP contribution in [-0.4, -0.2) is 21.1 Å². The molecule has 1 aromatic heterocycles. The van der Waals surface area contributed by atoms with Crippen LogP contribution in [-0.2, 0) is 16.6 Å². The van der Waals surface area contributed by atoms with Crippen molar-refractivity contribution in [2.24, 2.45) is 11.8 Å².